The molecule has 0 aliphatic heterocycles. The molecule has 0 fully saturated rings. The minimum atomic E-state index is -3.68. The Balaban J connectivity index is 2.09. The van der Waals surface area contributed by atoms with E-state index < -0.39 is 16.0 Å². The van der Waals surface area contributed by atoms with Gasteiger partial charge in [-0.2, -0.15) is 0 Å². The van der Waals surface area contributed by atoms with Crippen LogP contribution in [0.1, 0.15) is 21.7 Å². The van der Waals surface area contributed by atoms with Gasteiger partial charge in [0, 0.05) is 19.8 Å². The van der Waals surface area contributed by atoms with Crippen LogP contribution in [0.15, 0.2) is 35.5 Å². The van der Waals surface area contributed by atoms with Gasteiger partial charge in [0.25, 0.3) is 10.0 Å². The first kappa shape index (κ1) is 15.2. The molecule has 21 heavy (non-hydrogen) atoms. The topological polar surface area (TPSA) is 101 Å². The third-order valence-corrected chi connectivity index (χ3v) is 4.30. The molecule has 112 valence electrons. The fraction of sp³-hybridized carbons (Fsp3) is 0.231. The summed E-state index contributed by atoms with van der Waals surface area (Å²) < 4.78 is 28.2. The van der Waals surface area contributed by atoms with E-state index in [1.807, 2.05) is 0 Å². The molecule has 0 amide bonds. The van der Waals surface area contributed by atoms with Crippen LogP contribution in [0.5, 0.6) is 0 Å². The minimum absolute atomic E-state index is 0.0374. The quantitative estimate of drug-likeness (QED) is 0.854. The van der Waals surface area contributed by atoms with Crippen LogP contribution in [0.2, 0.25) is 0 Å². The van der Waals surface area contributed by atoms with E-state index in [9.17, 15) is 13.2 Å². The second-order valence-corrected chi connectivity index (χ2v) is 6.28. The van der Waals surface area contributed by atoms with Crippen molar-refractivity contribution in [3.05, 3.63) is 47.4 Å². The summed E-state index contributed by atoms with van der Waals surface area (Å²) in [6.45, 7) is 1.78. The minimum Gasteiger partial charge on any atom is -0.478 e. The van der Waals surface area contributed by atoms with Gasteiger partial charge in [-0.15, -0.1) is 0 Å². The van der Waals surface area contributed by atoms with Gasteiger partial charge in [-0.3, -0.25) is 0 Å². The average molecular weight is 309 g/mol. The van der Waals surface area contributed by atoms with E-state index >= 15 is 0 Å². The summed E-state index contributed by atoms with van der Waals surface area (Å²) in [6, 6.07) is 5.99. The highest BCUT2D eigenvalue weighted by atomic mass is 32.2. The molecule has 2 aromatic rings. The Morgan fingerprint density at radius 1 is 1.33 bits per heavy atom. The van der Waals surface area contributed by atoms with E-state index in [0.29, 0.717) is 11.4 Å². The Bertz CT molecular complexity index is 744. The van der Waals surface area contributed by atoms with Gasteiger partial charge in [-0.05, 0) is 24.6 Å². The fourth-order valence-electron chi connectivity index (χ4n) is 1.67. The van der Waals surface area contributed by atoms with Gasteiger partial charge in [0.1, 0.15) is 5.82 Å². The molecule has 0 saturated carbocycles. The molecule has 2 rings (SSSR count). The molecular weight excluding hydrogens is 294 g/mol. The number of sulfonamides is 1. The summed E-state index contributed by atoms with van der Waals surface area (Å²) in [5.41, 5.74) is 0.818. The monoisotopic (exact) mass is 309 g/mol. The number of rotatable bonds is 5. The zero-order valence-electron chi connectivity index (χ0n) is 11.6. The van der Waals surface area contributed by atoms with E-state index in [2.05, 4.69) is 9.71 Å². The Hall–Kier alpha value is -2.19. The number of hydrogen-bond acceptors (Lipinski definition) is 4. The lowest BCUT2D eigenvalue weighted by molar-refractivity contribution is 0.0697. The number of benzene rings is 1. The number of carboxylic acid groups (broad SMARTS) is 1. The number of aromatic nitrogens is 2. The standard InChI is InChI=1S/C13H15N3O4S/c1-9-15-12(8-16(9)2)21(19,20)14-7-10-3-5-11(6-4-10)13(17)18/h3-6,8,14H,7H2,1-2H3,(H,17,18). The molecule has 0 bridgehead atoms. The largest absolute Gasteiger partial charge is 0.478 e. The van der Waals surface area contributed by atoms with Crippen molar-refractivity contribution >= 4 is 16.0 Å². The Labute approximate surface area is 122 Å². The molecule has 0 spiro atoms. The lowest BCUT2D eigenvalue weighted by Gasteiger charge is -2.04. The van der Waals surface area contributed by atoms with Crippen LogP contribution in [0.25, 0.3) is 0 Å². The lowest BCUT2D eigenvalue weighted by Crippen LogP contribution is -2.23. The first-order chi connectivity index (χ1) is 9.79. The van der Waals surface area contributed by atoms with Crippen LogP contribution in [0, 0.1) is 6.92 Å². The van der Waals surface area contributed by atoms with Crippen molar-refractivity contribution in [2.75, 3.05) is 0 Å². The van der Waals surface area contributed by atoms with Crippen LogP contribution < -0.4 is 4.72 Å². The third-order valence-electron chi connectivity index (χ3n) is 3.03. The molecule has 2 N–H and O–H groups in total. The van der Waals surface area contributed by atoms with Gasteiger partial charge in [0.15, 0.2) is 5.03 Å². The summed E-state index contributed by atoms with van der Waals surface area (Å²) in [5, 5.41) is 8.75. The van der Waals surface area contributed by atoms with Crippen molar-refractivity contribution in [2.45, 2.75) is 18.5 Å². The van der Waals surface area contributed by atoms with E-state index in [4.69, 9.17) is 5.11 Å². The predicted molar refractivity (Wildman–Crippen MR) is 75.4 cm³/mol. The normalized spacial score (nSPS) is 11.5. The molecule has 1 aromatic heterocycles. The van der Waals surface area contributed by atoms with Crippen LogP contribution in [0.4, 0.5) is 0 Å². The molecular formula is C13H15N3O4S. The average Bonchev–Trinajstić information content (AvgIpc) is 2.78. The number of carbonyl (C=O) groups is 1. The second kappa shape index (κ2) is 5.66. The predicted octanol–water partition coefficient (Wildman–Crippen LogP) is 0.905. The van der Waals surface area contributed by atoms with E-state index in [-0.39, 0.29) is 17.1 Å². The maximum absolute atomic E-state index is 12.1. The summed E-state index contributed by atoms with van der Waals surface area (Å²) >= 11 is 0. The summed E-state index contributed by atoms with van der Waals surface area (Å²) in [7, 11) is -1.97. The van der Waals surface area contributed by atoms with Crippen molar-refractivity contribution in [1.29, 1.82) is 0 Å². The van der Waals surface area contributed by atoms with Crippen molar-refractivity contribution in [3.63, 3.8) is 0 Å². The second-order valence-electron chi connectivity index (χ2n) is 4.56. The van der Waals surface area contributed by atoms with Gasteiger partial charge in [0.2, 0.25) is 0 Å². The van der Waals surface area contributed by atoms with Crippen LogP contribution in [-0.2, 0) is 23.6 Å². The molecule has 0 radical (unpaired) electrons. The number of carboxylic acids is 1. The number of aromatic carboxylic acids is 1. The van der Waals surface area contributed by atoms with Gasteiger partial charge >= 0.3 is 5.97 Å². The highest BCUT2D eigenvalue weighted by molar-refractivity contribution is 7.89. The molecule has 0 unspecified atom stereocenters. The molecule has 8 heteroatoms. The zero-order chi connectivity index (χ0) is 15.6. The summed E-state index contributed by atoms with van der Waals surface area (Å²) in [6.07, 6.45) is 1.44. The number of hydrogen-bond donors (Lipinski definition) is 2. The maximum Gasteiger partial charge on any atom is 0.335 e. The van der Waals surface area contributed by atoms with Crippen molar-refractivity contribution in [3.8, 4) is 0 Å². The van der Waals surface area contributed by atoms with Crippen LogP contribution in [-0.4, -0.2) is 29.0 Å². The first-order valence-electron chi connectivity index (χ1n) is 6.11. The first-order valence-corrected chi connectivity index (χ1v) is 7.60. The van der Waals surface area contributed by atoms with E-state index in [0.717, 1.165) is 0 Å². The van der Waals surface area contributed by atoms with E-state index in [1.165, 1.54) is 18.3 Å². The molecule has 0 aliphatic rings. The molecule has 0 atom stereocenters. The number of nitrogens with one attached hydrogen (secondary N) is 1. The van der Waals surface area contributed by atoms with Crippen molar-refractivity contribution in [2.24, 2.45) is 7.05 Å². The van der Waals surface area contributed by atoms with E-state index in [1.54, 1.807) is 30.7 Å². The Morgan fingerprint density at radius 3 is 2.43 bits per heavy atom. The SMILES string of the molecule is Cc1nc(S(=O)(=O)NCc2ccc(C(=O)O)cc2)cn1C. The van der Waals surface area contributed by atoms with Gasteiger partial charge < -0.3 is 9.67 Å². The van der Waals surface area contributed by atoms with Gasteiger partial charge in [0.05, 0.1) is 5.56 Å². The smallest absolute Gasteiger partial charge is 0.335 e. The van der Waals surface area contributed by atoms with Crippen molar-refractivity contribution in [1.82, 2.24) is 14.3 Å². The molecule has 0 aliphatic carbocycles. The molecule has 1 aromatic carbocycles. The van der Waals surface area contributed by atoms with Crippen LogP contribution in [0.3, 0.4) is 0 Å². The lowest BCUT2D eigenvalue weighted by atomic mass is 10.1. The molecule has 0 saturated heterocycles. The number of aryl methyl sites for hydroxylation is 2. The van der Waals surface area contributed by atoms with Gasteiger partial charge in [-0.1, -0.05) is 12.1 Å². The summed E-state index contributed by atoms with van der Waals surface area (Å²) in [5.74, 6) is -0.424. The highest BCUT2D eigenvalue weighted by Gasteiger charge is 2.18. The van der Waals surface area contributed by atoms with Crippen molar-refractivity contribution < 1.29 is 18.3 Å². The fourth-order valence-corrected chi connectivity index (χ4v) is 2.73. The zero-order valence-corrected chi connectivity index (χ0v) is 12.4. The Morgan fingerprint density at radius 2 is 1.95 bits per heavy atom. The highest BCUT2D eigenvalue weighted by Crippen LogP contribution is 2.09. The maximum atomic E-state index is 12.1. The number of nitrogens with zero attached hydrogens (tertiary/aromatic N) is 2. The molecule has 7 nitrogen and oxygen atoms in total. The van der Waals surface area contributed by atoms with Gasteiger partial charge in [-0.25, -0.2) is 22.9 Å². The third kappa shape index (κ3) is 3.47. The summed E-state index contributed by atoms with van der Waals surface area (Å²) in [4.78, 5) is 14.7. The molecule has 1 heterocycles. The number of imidazole rings is 1. The Kier molecular flexibility index (Phi) is 4.10. The van der Waals surface area contributed by atoms with Crippen LogP contribution >= 0.6 is 0 Å².